The number of nitrogens with one attached hydrogen (secondary N) is 2. The summed E-state index contributed by atoms with van der Waals surface area (Å²) in [6.45, 7) is 0. The first-order chi connectivity index (χ1) is 12.2. The van der Waals surface area contributed by atoms with Crippen LogP contribution < -0.4 is 5.32 Å². The number of imidazole rings is 1. The zero-order valence-corrected chi connectivity index (χ0v) is 13.0. The van der Waals surface area contributed by atoms with Crippen molar-refractivity contribution in [2.24, 2.45) is 0 Å². The Kier molecular flexibility index (Phi) is 3.66. The molecule has 0 spiro atoms. The van der Waals surface area contributed by atoms with Gasteiger partial charge < -0.3 is 15.0 Å². The molecular formula is C18H14FN5O. The number of rotatable bonds is 4. The minimum absolute atomic E-state index is 0.383. The number of aromatic amines is 1. The standard InChI is InChI=1S/C18H14FN5O/c19-15-9-13(3-6-17(15)25)21-18-10-16(22-23-18)12-1-4-14(5-2-12)24-8-7-20-11-24/h1-11,25H,(H2,21,22,23). The largest absolute Gasteiger partial charge is 0.505 e. The van der Waals surface area contributed by atoms with Gasteiger partial charge in [-0.1, -0.05) is 12.1 Å². The molecule has 2 heterocycles. The van der Waals surface area contributed by atoms with Crippen molar-refractivity contribution in [2.75, 3.05) is 5.32 Å². The van der Waals surface area contributed by atoms with Crippen molar-refractivity contribution in [1.29, 1.82) is 0 Å². The number of hydrogen-bond acceptors (Lipinski definition) is 4. The van der Waals surface area contributed by atoms with Crippen LogP contribution in [-0.2, 0) is 0 Å². The number of anilines is 2. The molecule has 0 bridgehead atoms. The Bertz CT molecular complexity index is 993. The summed E-state index contributed by atoms with van der Waals surface area (Å²) in [5, 5.41) is 19.3. The van der Waals surface area contributed by atoms with Crippen LogP contribution in [0.4, 0.5) is 15.9 Å². The highest BCUT2D eigenvalue weighted by Crippen LogP contribution is 2.25. The second kappa shape index (κ2) is 6.12. The molecule has 0 atom stereocenters. The molecule has 0 saturated carbocycles. The lowest BCUT2D eigenvalue weighted by Crippen LogP contribution is -1.91. The van der Waals surface area contributed by atoms with Crippen LogP contribution in [0.3, 0.4) is 0 Å². The van der Waals surface area contributed by atoms with Gasteiger partial charge in [0.05, 0.1) is 12.0 Å². The minimum Gasteiger partial charge on any atom is -0.505 e. The maximum Gasteiger partial charge on any atom is 0.166 e. The smallest absolute Gasteiger partial charge is 0.166 e. The summed E-state index contributed by atoms with van der Waals surface area (Å²) in [6, 6.07) is 13.8. The van der Waals surface area contributed by atoms with E-state index in [-0.39, 0.29) is 5.75 Å². The van der Waals surface area contributed by atoms with Crippen molar-refractivity contribution in [3.8, 4) is 22.7 Å². The van der Waals surface area contributed by atoms with E-state index in [0.29, 0.717) is 11.5 Å². The van der Waals surface area contributed by atoms with Crippen molar-refractivity contribution >= 4 is 11.5 Å². The quantitative estimate of drug-likeness (QED) is 0.495. The lowest BCUT2D eigenvalue weighted by atomic mass is 10.1. The molecule has 6 nitrogen and oxygen atoms in total. The molecule has 2 aromatic heterocycles. The van der Waals surface area contributed by atoms with Crippen molar-refractivity contribution in [3.63, 3.8) is 0 Å². The Morgan fingerprint density at radius 1 is 1.08 bits per heavy atom. The van der Waals surface area contributed by atoms with E-state index in [2.05, 4.69) is 20.5 Å². The monoisotopic (exact) mass is 335 g/mol. The molecule has 2 aromatic carbocycles. The average molecular weight is 335 g/mol. The van der Waals surface area contributed by atoms with Crippen molar-refractivity contribution in [2.45, 2.75) is 0 Å². The van der Waals surface area contributed by atoms with Gasteiger partial charge in [-0.05, 0) is 29.8 Å². The summed E-state index contributed by atoms with van der Waals surface area (Å²) in [6.07, 6.45) is 5.35. The highest BCUT2D eigenvalue weighted by molar-refractivity contribution is 5.67. The number of H-pyrrole nitrogens is 1. The fourth-order valence-corrected chi connectivity index (χ4v) is 2.49. The molecule has 0 unspecified atom stereocenters. The molecule has 3 N–H and O–H groups in total. The lowest BCUT2D eigenvalue weighted by Gasteiger charge is -2.04. The van der Waals surface area contributed by atoms with E-state index in [4.69, 9.17) is 0 Å². The third-order valence-electron chi connectivity index (χ3n) is 3.78. The van der Waals surface area contributed by atoms with E-state index in [0.717, 1.165) is 16.9 Å². The predicted octanol–water partition coefficient (Wildman–Crippen LogP) is 3.85. The van der Waals surface area contributed by atoms with Gasteiger partial charge >= 0.3 is 0 Å². The van der Waals surface area contributed by atoms with Crippen LogP contribution in [0, 0.1) is 5.82 Å². The summed E-state index contributed by atoms with van der Waals surface area (Å²) in [7, 11) is 0. The minimum atomic E-state index is -0.684. The first-order valence-electron chi connectivity index (χ1n) is 7.59. The third kappa shape index (κ3) is 3.07. The summed E-state index contributed by atoms with van der Waals surface area (Å²) in [4.78, 5) is 4.03. The normalized spacial score (nSPS) is 10.8. The van der Waals surface area contributed by atoms with E-state index in [9.17, 15) is 9.50 Å². The van der Waals surface area contributed by atoms with Gasteiger partial charge in [0, 0.05) is 35.9 Å². The molecule has 4 aromatic rings. The maximum atomic E-state index is 13.4. The van der Waals surface area contributed by atoms with Crippen LogP contribution in [0.5, 0.6) is 5.75 Å². The Morgan fingerprint density at radius 2 is 1.92 bits per heavy atom. The number of nitrogens with zero attached hydrogens (tertiary/aromatic N) is 3. The number of halogens is 1. The van der Waals surface area contributed by atoms with E-state index >= 15 is 0 Å². The molecule has 0 saturated heterocycles. The Labute approximate surface area is 142 Å². The molecule has 0 aliphatic rings. The molecular weight excluding hydrogens is 321 g/mol. The van der Waals surface area contributed by atoms with Gasteiger partial charge in [0.25, 0.3) is 0 Å². The zero-order chi connectivity index (χ0) is 17.2. The number of benzene rings is 2. The van der Waals surface area contributed by atoms with Crippen LogP contribution in [0.2, 0.25) is 0 Å². The second-order valence-electron chi connectivity index (χ2n) is 5.47. The van der Waals surface area contributed by atoms with E-state index < -0.39 is 5.82 Å². The Hall–Kier alpha value is -3.61. The fourth-order valence-electron chi connectivity index (χ4n) is 2.49. The van der Waals surface area contributed by atoms with Crippen molar-refractivity contribution in [3.05, 3.63) is 73.1 Å². The van der Waals surface area contributed by atoms with Gasteiger partial charge in [-0.15, -0.1) is 0 Å². The third-order valence-corrected chi connectivity index (χ3v) is 3.78. The molecule has 4 rings (SSSR count). The Balaban J connectivity index is 1.53. The van der Waals surface area contributed by atoms with Gasteiger partial charge in [-0.3, -0.25) is 5.10 Å². The van der Waals surface area contributed by atoms with Crippen LogP contribution in [-0.4, -0.2) is 24.9 Å². The lowest BCUT2D eigenvalue weighted by molar-refractivity contribution is 0.432. The topological polar surface area (TPSA) is 78.8 Å². The first-order valence-corrected chi connectivity index (χ1v) is 7.59. The van der Waals surface area contributed by atoms with Gasteiger partial charge in [0.2, 0.25) is 0 Å². The van der Waals surface area contributed by atoms with E-state index in [1.54, 1.807) is 18.6 Å². The molecule has 0 aliphatic carbocycles. The molecule has 0 aliphatic heterocycles. The molecule has 0 amide bonds. The van der Waals surface area contributed by atoms with Gasteiger partial charge in [-0.2, -0.15) is 5.10 Å². The summed E-state index contributed by atoms with van der Waals surface area (Å²) < 4.78 is 15.3. The zero-order valence-electron chi connectivity index (χ0n) is 13.0. The van der Waals surface area contributed by atoms with Crippen LogP contribution in [0.1, 0.15) is 0 Å². The molecule has 0 fully saturated rings. The maximum absolute atomic E-state index is 13.4. The molecule has 7 heteroatoms. The molecule has 25 heavy (non-hydrogen) atoms. The van der Waals surface area contributed by atoms with Crippen molar-refractivity contribution < 1.29 is 9.50 Å². The van der Waals surface area contributed by atoms with Crippen LogP contribution in [0.15, 0.2) is 67.3 Å². The molecule has 0 radical (unpaired) electrons. The summed E-state index contributed by atoms with van der Waals surface area (Å²) in [5.74, 6) is -0.513. The summed E-state index contributed by atoms with van der Waals surface area (Å²) >= 11 is 0. The Morgan fingerprint density at radius 3 is 2.64 bits per heavy atom. The van der Waals surface area contributed by atoms with Gasteiger partial charge in [-0.25, -0.2) is 9.37 Å². The first kappa shape index (κ1) is 14.9. The number of aromatic nitrogens is 4. The number of phenolic OH excluding ortho intramolecular Hbond substituents is 1. The highest BCUT2D eigenvalue weighted by Gasteiger charge is 2.06. The van der Waals surface area contributed by atoms with Crippen molar-refractivity contribution in [1.82, 2.24) is 19.7 Å². The van der Waals surface area contributed by atoms with Gasteiger partial charge in [0.15, 0.2) is 17.4 Å². The number of phenols is 1. The van der Waals surface area contributed by atoms with Crippen LogP contribution >= 0.6 is 0 Å². The van der Waals surface area contributed by atoms with Crippen LogP contribution in [0.25, 0.3) is 16.9 Å². The van der Waals surface area contributed by atoms with E-state index in [1.165, 1.54) is 12.1 Å². The SMILES string of the molecule is Oc1ccc(Nc2cc(-c3ccc(-n4ccnc4)cc3)[nH]n2)cc1F. The number of aromatic hydroxyl groups is 1. The van der Waals surface area contributed by atoms with E-state index in [1.807, 2.05) is 41.1 Å². The number of hydrogen-bond donors (Lipinski definition) is 3. The second-order valence-corrected chi connectivity index (χ2v) is 5.47. The fraction of sp³-hybridized carbons (Fsp3) is 0. The molecule has 124 valence electrons. The summed E-state index contributed by atoms with van der Waals surface area (Å²) in [5.41, 5.74) is 3.32. The van der Waals surface area contributed by atoms with Gasteiger partial charge in [0.1, 0.15) is 0 Å². The highest BCUT2D eigenvalue weighted by atomic mass is 19.1. The predicted molar refractivity (Wildman–Crippen MR) is 92.5 cm³/mol. The average Bonchev–Trinajstić information content (AvgIpc) is 3.30.